The summed E-state index contributed by atoms with van der Waals surface area (Å²) in [5, 5.41) is 4.03. The summed E-state index contributed by atoms with van der Waals surface area (Å²) in [5.41, 5.74) is 4.95. The summed E-state index contributed by atoms with van der Waals surface area (Å²) in [6.45, 7) is 5.79. The number of alkyl halides is 3. The van der Waals surface area contributed by atoms with Crippen molar-refractivity contribution < 1.29 is 22.3 Å². The normalized spacial score (nSPS) is 12.5. The Kier molecular flexibility index (Phi) is 6.48. The molecule has 38 heavy (non-hydrogen) atoms. The van der Waals surface area contributed by atoms with Crippen molar-refractivity contribution in [2.75, 3.05) is 5.32 Å². The van der Waals surface area contributed by atoms with E-state index in [9.17, 15) is 17.6 Å². The van der Waals surface area contributed by atoms with Gasteiger partial charge in [-0.2, -0.15) is 0 Å². The number of aryl methyl sites for hydroxylation is 1. The fraction of sp³-hybridized carbons (Fsp3) is 0.179. The highest BCUT2D eigenvalue weighted by Gasteiger charge is 2.31. The largest absolute Gasteiger partial charge is 0.573 e. The van der Waals surface area contributed by atoms with Gasteiger partial charge in [0.1, 0.15) is 11.6 Å². The number of benzene rings is 3. The molecule has 2 aromatic carbocycles. The van der Waals surface area contributed by atoms with Gasteiger partial charge in [0.25, 0.3) is 0 Å². The van der Waals surface area contributed by atoms with Gasteiger partial charge in [-0.1, -0.05) is 0 Å². The average Bonchev–Trinajstić information content (AvgIpc) is 2.84. The van der Waals surface area contributed by atoms with Crippen molar-refractivity contribution in [3.63, 3.8) is 0 Å². The lowest BCUT2D eigenvalue weighted by atomic mass is 10.1. The number of ether oxygens (including phenoxy) is 1. The third-order valence-electron chi connectivity index (χ3n) is 5.76. The molecule has 0 spiro atoms. The molecule has 1 aliphatic heterocycles. The van der Waals surface area contributed by atoms with Gasteiger partial charge in [-0.25, -0.2) is 9.37 Å². The molecule has 10 heteroatoms. The molecule has 5 rings (SSSR count). The van der Waals surface area contributed by atoms with Gasteiger partial charge in [0, 0.05) is 24.0 Å². The fourth-order valence-corrected chi connectivity index (χ4v) is 4.19. The maximum Gasteiger partial charge on any atom is 0.573 e. The van der Waals surface area contributed by atoms with Crippen LogP contribution in [0.25, 0.3) is 28.1 Å². The van der Waals surface area contributed by atoms with E-state index >= 15 is 0 Å². The molecule has 0 fully saturated rings. The average molecular weight is 522 g/mol. The highest BCUT2D eigenvalue weighted by molar-refractivity contribution is 5.84. The second-order valence-corrected chi connectivity index (χ2v) is 8.96. The monoisotopic (exact) mass is 521 g/mol. The first kappa shape index (κ1) is 25.2. The van der Waals surface area contributed by atoms with E-state index in [1.165, 1.54) is 36.4 Å². The fourth-order valence-electron chi connectivity index (χ4n) is 4.19. The zero-order valence-corrected chi connectivity index (χ0v) is 20.7. The number of hydrogen-bond acceptors (Lipinski definition) is 5. The van der Waals surface area contributed by atoms with E-state index in [2.05, 4.69) is 15.0 Å². The number of nitrogens with zero attached hydrogens (tertiary/aromatic N) is 4. The van der Waals surface area contributed by atoms with Crippen LogP contribution in [0, 0.1) is 12.7 Å². The number of aromatic nitrogens is 3. The summed E-state index contributed by atoms with van der Waals surface area (Å²) in [7, 11) is 0. The highest BCUT2D eigenvalue weighted by atomic mass is 19.4. The first-order valence-corrected chi connectivity index (χ1v) is 11.8. The number of halogens is 4. The Hall–Kier alpha value is -4.47. The van der Waals surface area contributed by atoms with Crippen LogP contribution in [0.3, 0.4) is 0 Å². The van der Waals surface area contributed by atoms with Crippen molar-refractivity contribution in [2.24, 2.45) is 4.99 Å². The van der Waals surface area contributed by atoms with E-state index < -0.39 is 12.2 Å². The van der Waals surface area contributed by atoms with Crippen LogP contribution in [-0.4, -0.2) is 26.9 Å². The number of rotatable bonds is 5. The Morgan fingerprint density at radius 1 is 0.974 bits per heavy atom. The molecule has 0 radical (unpaired) electrons. The van der Waals surface area contributed by atoms with Gasteiger partial charge in [-0.05, 0) is 81.4 Å². The standard InChI is InChI=1S/C28H23F4N5O/c1-16(2)34-24-15-27-25(14-23(24)35-21-5-4-12-33-17(21)3)36-22-11-6-18(29)13-26(22)37(27)19-7-9-20(10-8-19)38-28(30,31)32/h4-16,35H,1-3H3. The van der Waals surface area contributed by atoms with Crippen molar-refractivity contribution in [1.82, 2.24) is 14.5 Å². The molecule has 194 valence electrons. The first-order valence-electron chi connectivity index (χ1n) is 11.8. The van der Waals surface area contributed by atoms with Crippen LogP contribution in [0.15, 0.2) is 77.9 Å². The van der Waals surface area contributed by atoms with E-state index in [0.717, 1.165) is 11.4 Å². The number of pyridine rings is 1. The first-order chi connectivity index (χ1) is 18.1. The minimum Gasteiger partial charge on any atom is -0.406 e. The third kappa shape index (κ3) is 5.29. The van der Waals surface area contributed by atoms with Crippen LogP contribution in [-0.2, 0) is 0 Å². The summed E-state index contributed by atoms with van der Waals surface area (Å²) >= 11 is 0. The molecule has 6 nitrogen and oxygen atoms in total. The minimum atomic E-state index is -4.81. The number of anilines is 2. The number of fused-ring (bicyclic) bond motifs is 2. The number of nitrogens with one attached hydrogen (secondary N) is 1. The molecule has 0 saturated carbocycles. The molecule has 2 heterocycles. The highest BCUT2D eigenvalue weighted by Crippen LogP contribution is 2.32. The summed E-state index contributed by atoms with van der Waals surface area (Å²) in [6, 6.07) is 17.0. The second kappa shape index (κ2) is 9.77. The van der Waals surface area contributed by atoms with Gasteiger partial charge < -0.3 is 14.6 Å². The Bertz CT molecular complexity index is 1660. The maximum atomic E-state index is 14.4. The summed E-state index contributed by atoms with van der Waals surface area (Å²) < 4.78 is 58.2. The Labute approximate surface area is 215 Å². The van der Waals surface area contributed by atoms with Gasteiger partial charge in [0.15, 0.2) is 0 Å². The van der Waals surface area contributed by atoms with Gasteiger partial charge in [-0.15, -0.1) is 13.2 Å². The van der Waals surface area contributed by atoms with Crippen LogP contribution < -0.4 is 15.4 Å². The third-order valence-corrected chi connectivity index (χ3v) is 5.76. The molecular weight excluding hydrogens is 498 g/mol. The van der Waals surface area contributed by atoms with Crippen molar-refractivity contribution in [3.05, 3.63) is 89.8 Å². The van der Waals surface area contributed by atoms with Crippen LogP contribution in [0.1, 0.15) is 19.5 Å². The smallest absolute Gasteiger partial charge is 0.406 e. The van der Waals surface area contributed by atoms with E-state index in [1.807, 2.05) is 45.0 Å². The lowest BCUT2D eigenvalue weighted by molar-refractivity contribution is -0.274. The molecule has 1 aromatic heterocycles. The quantitative estimate of drug-likeness (QED) is 0.201. The molecule has 2 aliphatic rings. The lowest BCUT2D eigenvalue weighted by Gasteiger charge is -2.21. The summed E-state index contributed by atoms with van der Waals surface area (Å²) in [4.78, 5) is 13.9. The van der Waals surface area contributed by atoms with Gasteiger partial charge in [0.05, 0.1) is 44.8 Å². The van der Waals surface area contributed by atoms with E-state index in [-0.39, 0.29) is 11.8 Å². The molecule has 0 amide bonds. The van der Waals surface area contributed by atoms with Crippen LogP contribution in [0.5, 0.6) is 5.75 Å². The molecule has 1 aliphatic carbocycles. The van der Waals surface area contributed by atoms with Crippen molar-refractivity contribution in [3.8, 4) is 22.8 Å². The van der Waals surface area contributed by atoms with Crippen molar-refractivity contribution in [2.45, 2.75) is 33.2 Å². The maximum absolute atomic E-state index is 14.4. The molecule has 0 unspecified atom stereocenters. The van der Waals surface area contributed by atoms with Crippen LogP contribution >= 0.6 is 0 Å². The Morgan fingerprint density at radius 2 is 1.74 bits per heavy atom. The second-order valence-electron chi connectivity index (χ2n) is 8.96. The minimum absolute atomic E-state index is 0.0406. The number of hydrogen-bond donors (Lipinski definition) is 1. The zero-order chi connectivity index (χ0) is 27.0. The van der Waals surface area contributed by atoms with E-state index in [0.29, 0.717) is 39.2 Å². The molecule has 0 atom stereocenters. The zero-order valence-electron chi connectivity index (χ0n) is 20.7. The molecule has 3 aromatic rings. The van der Waals surface area contributed by atoms with Crippen LogP contribution in [0.4, 0.5) is 28.9 Å². The van der Waals surface area contributed by atoms with Gasteiger partial charge in [-0.3, -0.25) is 9.98 Å². The molecule has 1 N–H and O–H groups in total. The lowest BCUT2D eigenvalue weighted by Crippen LogP contribution is -2.17. The molecule has 0 saturated heterocycles. The van der Waals surface area contributed by atoms with E-state index in [4.69, 9.17) is 9.98 Å². The van der Waals surface area contributed by atoms with Crippen LogP contribution in [0.2, 0.25) is 0 Å². The topological polar surface area (TPSA) is 64.3 Å². The predicted octanol–water partition coefficient (Wildman–Crippen LogP) is 6.92. The van der Waals surface area contributed by atoms with E-state index in [1.54, 1.807) is 16.8 Å². The SMILES string of the molecule is Cc1ncccc1Nc1cc2nc3ccc(F)cc3n(-c3ccc(OC(F)(F)F)cc3)c-2cc1=NC(C)C. The summed E-state index contributed by atoms with van der Waals surface area (Å²) in [5.74, 6) is -0.827. The van der Waals surface area contributed by atoms with Gasteiger partial charge in [0.2, 0.25) is 0 Å². The van der Waals surface area contributed by atoms with Gasteiger partial charge >= 0.3 is 6.36 Å². The summed E-state index contributed by atoms with van der Waals surface area (Å²) in [6.07, 6.45) is -3.10. The Balaban J connectivity index is 1.77. The Morgan fingerprint density at radius 3 is 2.42 bits per heavy atom. The van der Waals surface area contributed by atoms with Crippen molar-refractivity contribution in [1.29, 1.82) is 0 Å². The predicted molar refractivity (Wildman–Crippen MR) is 137 cm³/mol. The van der Waals surface area contributed by atoms with Crippen molar-refractivity contribution >= 4 is 22.4 Å². The molecular formula is C28H23F4N5O. The molecule has 0 bridgehead atoms.